The average Bonchev–Trinajstić information content (AvgIpc) is 2.40. The monoisotopic (exact) mass is 304 g/mol. The van der Waals surface area contributed by atoms with E-state index >= 15 is 0 Å². The summed E-state index contributed by atoms with van der Waals surface area (Å²) in [5.74, 6) is 1.52. The Hall–Kier alpha value is -1.68. The second-order valence-corrected chi connectivity index (χ2v) is 6.58. The van der Waals surface area contributed by atoms with Gasteiger partial charge in [-0.25, -0.2) is 9.97 Å². The van der Waals surface area contributed by atoms with Gasteiger partial charge in [-0.2, -0.15) is 0 Å². The standard InChI is InChI=1S/C16H21ClN4/c1-10-6-7-18-8-12(10)9-19-14-11(2)13(17)20-15(21-14)16(3,4)5/h6-8H,9H2,1-5H3,(H,19,20,21). The topological polar surface area (TPSA) is 50.7 Å². The van der Waals surface area contributed by atoms with Gasteiger partial charge in [0, 0.05) is 29.9 Å². The molecule has 0 fully saturated rings. The molecule has 5 heteroatoms. The summed E-state index contributed by atoms with van der Waals surface area (Å²) in [5, 5.41) is 3.85. The molecule has 0 aliphatic heterocycles. The molecule has 0 aromatic carbocycles. The predicted molar refractivity (Wildman–Crippen MR) is 86.8 cm³/mol. The molecule has 112 valence electrons. The highest BCUT2D eigenvalue weighted by Gasteiger charge is 2.20. The van der Waals surface area contributed by atoms with Crippen LogP contribution < -0.4 is 5.32 Å². The Labute approximate surface area is 131 Å². The first kappa shape index (κ1) is 15.7. The molecule has 2 aromatic heterocycles. The number of nitrogens with zero attached hydrogens (tertiary/aromatic N) is 3. The molecule has 0 aliphatic carbocycles. The lowest BCUT2D eigenvalue weighted by atomic mass is 9.95. The van der Waals surface area contributed by atoms with E-state index in [2.05, 4.69) is 48.0 Å². The van der Waals surface area contributed by atoms with E-state index in [4.69, 9.17) is 11.6 Å². The zero-order chi connectivity index (χ0) is 15.6. The van der Waals surface area contributed by atoms with Gasteiger partial charge >= 0.3 is 0 Å². The summed E-state index contributed by atoms with van der Waals surface area (Å²) in [6.07, 6.45) is 3.66. The molecule has 0 saturated heterocycles. The van der Waals surface area contributed by atoms with Gasteiger partial charge in [-0.15, -0.1) is 0 Å². The Morgan fingerprint density at radius 1 is 1.19 bits per heavy atom. The number of halogens is 1. The summed E-state index contributed by atoms with van der Waals surface area (Å²) < 4.78 is 0. The lowest BCUT2D eigenvalue weighted by Crippen LogP contribution is -2.18. The number of hydrogen-bond acceptors (Lipinski definition) is 4. The molecule has 0 saturated carbocycles. The van der Waals surface area contributed by atoms with E-state index < -0.39 is 0 Å². The Morgan fingerprint density at radius 2 is 1.90 bits per heavy atom. The van der Waals surface area contributed by atoms with Crippen molar-refractivity contribution in [3.05, 3.63) is 46.1 Å². The first-order chi connectivity index (χ1) is 9.79. The van der Waals surface area contributed by atoms with Crippen molar-refractivity contribution in [3.8, 4) is 0 Å². The molecule has 0 unspecified atom stereocenters. The Morgan fingerprint density at radius 3 is 2.52 bits per heavy atom. The van der Waals surface area contributed by atoms with Crippen molar-refractivity contribution < 1.29 is 0 Å². The van der Waals surface area contributed by atoms with E-state index in [1.807, 2.05) is 19.2 Å². The van der Waals surface area contributed by atoms with Gasteiger partial charge in [-0.3, -0.25) is 4.98 Å². The number of aryl methyl sites for hydroxylation is 1. The Balaban J connectivity index is 2.28. The minimum absolute atomic E-state index is 0.141. The van der Waals surface area contributed by atoms with Crippen LogP contribution in [0.25, 0.3) is 0 Å². The summed E-state index contributed by atoms with van der Waals surface area (Å²) in [7, 11) is 0. The SMILES string of the molecule is Cc1ccncc1CNc1nc(C(C)(C)C)nc(Cl)c1C. The molecular weight excluding hydrogens is 284 g/mol. The van der Waals surface area contributed by atoms with Crippen LogP contribution in [0.15, 0.2) is 18.5 Å². The fourth-order valence-corrected chi connectivity index (χ4v) is 2.03. The van der Waals surface area contributed by atoms with Gasteiger partial charge in [0.1, 0.15) is 16.8 Å². The maximum atomic E-state index is 6.23. The third-order valence-electron chi connectivity index (χ3n) is 3.35. The highest BCUT2D eigenvalue weighted by molar-refractivity contribution is 6.30. The minimum atomic E-state index is -0.141. The smallest absolute Gasteiger partial charge is 0.137 e. The molecule has 2 aromatic rings. The first-order valence-electron chi connectivity index (χ1n) is 6.97. The van der Waals surface area contributed by atoms with Crippen molar-refractivity contribution in [3.63, 3.8) is 0 Å². The average molecular weight is 305 g/mol. The van der Waals surface area contributed by atoms with E-state index in [-0.39, 0.29) is 5.41 Å². The number of aromatic nitrogens is 3. The molecule has 0 spiro atoms. The number of rotatable bonds is 3. The Kier molecular flexibility index (Phi) is 4.47. The fraction of sp³-hybridized carbons (Fsp3) is 0.438. The van der Waals surface area contributed by atoms with Crippen LogP contribution in [0.4, 0.5) is 5.82 Å². The van der Waals surface area contributed by atoms with Crippen LogP contribution in [0, 0.1) is 13.8 Å². The molecule has 2 rings (SSSR count). The fourth-order valence-electron chi connectivity index (χ4n) is 1.86. The minimum Gasteiger partial charge on any atom is -0.366 e. The van der Waals surface area contributed by atoms with E-state index in [0.717, 1.165) is 22.8 Å². The van der Waals surface area contributed by atoms with Crippen LogP contribution in [-0.4, -0.2) is 15.0 Å². The molecule has 0 aliphatic rings. The van der Waals surface area contributed by atoms with Crippen LogP contribution >= 0.6 is 11.6 Å². The van der Waals surface area contributed by atoms with Crippen molar-refractivity contribution >= 4 is 17.4 Å². The Bertz CT molecular complexity index is 647. The summed E-state index contributed by atoms with van der Waals surface area (Å²) in [4.78, 5) is 13.2. The zero-order valence-corrected chi connectivity index (χ0v) is 13.9. The van der Waals surface area contributed by atoms with E-state index in [1.54, 1.807) is 6.20 Å². The summed E-state index contributed by atoms with van der Waals surface area (Å²) >= 11 is 6.23. The second-order valence-electron chi connectivity index (χ2n) is 6.22. The van der Waals surface area contributed by atoms with Gasteiger partial charge < -0.3 is 5.32 Å². The van der Waals surface area contributed by atoms with Crippen LogP contribution in [0.2, 0.25) is 5.15 Å². The van der Waals surface area contributed by atoms with E-state index in [1.165, 1.54) is 5.56 Å². The van der Waals surface area contributed by atoms with Crippen molar-refractivity contribution in [2.24, 2.45) is 0 Å². The molecule has 0 amide bonds. The largest absolute Gasteiger partial charge is 0.366 e. The predicted octanol–water partition coefficient (Wildman–Crippen LogP) is 4.05. The van der Waals surface area contributed by atoms with Gasteiger partial charge in [0.15, 0.2) is 0 Å². The molecule has 4 nitrogen and oxygen atoms in total. The van der Waals surface area contributed by atoms with Crippen molar-refractivity contribution in [2.75, 3.05) is 5.32 Å². The first-order valence-corrected chi connectivity index (χ1v) is 7.35. The lowest BCUT2D eigenvalue weighted by Gasteiger charge is -2.19. The highest BCUT2D eigenvalue weighted by atomic mass is 35.5. The van der Waals surface area contributed by atoms with Crippen molar-refractivity contribution in [2.45, 2.75) is 46.6 Å². The zero-order valence-electron chi connectivity index (χ0n) is 13.2. The van der Waals surface area contributed by atoms with Gasteiger partial charge in [-0.1, -0.05) is 32.4 Å². The number of anilines is 1. The second kappa shape index (κ2) is 5.98. The van der Waals surface area contributed by atoms with E-state index in [0.29, 0.717) is 11.7 Å². The van der Waals surface area contributed by atoms with Gasteiger partial charge in [0.25, 0.3) is 0 Å². The molecule has 0 bridgehead atoms. The molecule has 0 radical (unpaired) electrons. The van der Waals surface area contributed by atoms with Crippen LogP contribution in [0.3, 0.4) is 0 Å². The van der Waals surface area contributed by atoms with Crippen molar-refractivity contribution in [1.29, 1.82) is 0 Å². The third-order valence-corrected chi connectivity index (χ3v) is 3.72. The molecule has 0 atom stereocenters. The quantitative estimate of drug-likeness (QED) is 0.869. The van der Waals surface area contributed by atoms with Gasteiger partial charge in [0.05, 0.1) is 0 Å². The number of pyridine rings is 1. The molecular formula is C16H21ClN4. The normalized spacial score (nSPS) is 11.5. The van der Waals surface area contributed by atoms with Gasteiger partial charge in [-0.05, 0) is 31.0 Å². The summed E-state index contributed by atoms with van der Waals surface area (Å²) in [5.41, 5.74) is 3.07. The molecule has 2 heterocycles. The lowest BCUT2D eigenvalue weighted by molar-refractivity contribution is 0.545. The van der Waals surface area contributed by atoms with Crippen LogP contribution in [0.5, 0.6) is 0 Å². The highest BCUT2D eigenvalue weighted by Crippen LogP contribution is 2.26. The summed E-state index contributed by atoms with van der Waals surface area (Å²) in [6, 6.07) is 2.00. The van der Waals surface area contributed by atoms with Crippen molar-refractivity contribution in [1.82, 2.24) is 15.0 Å². The molecule has 1 N–H and O–H groups in total. The maximum Gasteiger partial charge on any atom is 0.137 e. The maximum absolute atomic E-state index is 6.23. The van der Waals surface area contributed by atoms with Gasteiger partial charge in [0.2, 0.25) is 0 Å². The number of nitrogens with one attached hydrogen (secondary N) is 1. The van der Waals surface area contributed by atoms with Crippen LogP contribution in [0.1, 0.15) is 43.3 Å². The van der Waals surface area contributed by atoms with Crippen LogP contribution in [-0.2, 0) is 12.0 Å². The molecule has 21 heavy (non-hydrogen) atoms. The number of hydrogen-bond donors (Lipinski definition) is 1. The summed E-state index contributed by atoms with van der Waals surface area (Å²) in [6.45, 7) is 10.9. The third kappa shape index (κ3) is 3.70. The van der Waals surface area contributed by atoms with E-state index in [9.17, 15) is 0 Å².